The molecule has 146 valence electrons. The van der Waals surface area contributed by atoms with E-state index in [1.54, 1.807) is 6.20 Å². The average molecular weight is 392 g/mol. The highest BCUT2D eigenvalue weighted by Gasteiger charge is 2.22. The number of fused-ring (bicyclic) bond motifs is 2. The molecule has 2 aromatic carbocycles. The van der Waals surface area contributed by atoms with E-state index < -0.39 is 0 Å². The fraction of sp³-hybridized carbons (Fsp3) is 0.0800. The zero-order valence-electron chi connectivity index (χ0n) is 16.3. The van der Waals surface area contributed by atoms with Crippen molar-refractivity contribution in [3.63, 3.8) is 0 Å². The molecule has 0 aliphatic carbocycles. The van der Waals surface area contributed by atoms with E-state index in [2.05, 4.69) is 27.1 Å². The second kappa shape index (κ2) is 7.79. The molecule has 3 heterocycles. The second-order valence-corrected chi connectivity index (χ2v) is 7.15. The van der Waals surface area contributed by atoms with Gasteiger partial charge in [-0.1, -0.05) is 72.8 Å². The number of anilines is 2. The number of pyridine rings is 1. The Morgan fingerprint density at radius 3 is 2.63 bits per heavy atom. The topological polar surface area (TPSA) is 61.9 Å². The van der Waals surface area contributed by atoms with E-state index in [1.807, 2.05) is 77.7 Å². The van der Waals surface area contributed by atoms with Gasteiger partial charge in [-0.2, -0.15) is 4.98 Å². The number of aromatic nitrogens is 3. The third-order valence-electron chi connectivity index (χ3n) is 5.25. The van der Waals surface area contributed by atoms with Crippen molar-refractivity contribution in [2.24, 2.45) is 0 Å². The summed E-state index contributed by atoms with van der Waals surface area (Å²) in [6, 6.07) is 20.1. The number of allylic oxidation sites excluding steroid dienone is 2. The molecule has 1 N–H and O–H groups in total. The van der Waals surface area contributed by atoms with Gasteiger partial charge in [-0.3, -0.25) is 9.78 Å². The number of nitrogens with one attached hydrogen (secondary N) is 1. The van der Waals surface area contributed by atoms with Crippen molar-refractivity contribution in [2.45, 2.75) is 6.42 Å². The number of benzene rings is 2. The average Bonchev–Trinajstić information content (AvgIpc) is 3.21. The first-order chi connectivity index (χ1) is 14.8. The maximum atomic E-state index is 12.9. The molecular weight excluding hydrogens is 372 g/mol. The number of hydrogen-bond donors (Lipinski definition) is 1. The van der Waals surface area contributed by atoms with Crippen molar-refractivity contribution in [3.8, 4) is 0 Å². The van der Waals surface area contributed by atoms with Crippen LogP contribution in [0.5, 0.6) is 0 Å². The lowest BCUT2D eigenvalue weighted by atomic mass is 10.1. The van der Waals surface area contributed by atoms with E-state index in [0.717, 1.165) is 29.8 Å². The largest absolute Gasteiger partial charge is 0.311 e. The number of H-pyrrole nitrogens is 1. The predicted molar refractivity (Wildman–Crippen MR) is 122 cm³/mol. The summed E-state index contributed by atoms with van der Waals surface area (Å²) in [5.74, 6) is 0.537. The van der Waals surface area contributed by atoms with Gasteiger partial charge in [-0.25, -0.2) is 4.98 Å². The van der Waals surface area contributed by atoms with Gasteiger partial charge < -0.3 is 4.90 Å². The van der Waals surface area contributed by atoms with E-state index in [1.165, 1.54) is 5.56 Å². The Morgan fingerprint density at radius 1 is 0.933 bits per heavy atom. The molecular formula is C25H20N4O. The van der Waals surface area contributed by atoms with Crippen molar-refractivity contribution in [2.75, 3.05) is 11.4 Å². The van der Waals surface area contributed by atoms with E-state index in [9.17, 15) is 4.79 Å². The van der Waals surface area contributed by atoms with Gasteiger partial charge in [0.25, 0.3) is 5.56 Å². The molecule has 0 saturated carbocycles. The molecule has 0 spiro atoms. The van der Waals surface area contributed by atoms with Crippen LogP contribution in [0.2, 0.25) is 0 Å². The van der Waals surface area contributed by atoms with Crippen molar-refractivity contribution >= 4 is 34.8 Å². The molecule has 5 heteroatoms. The molecule has 4 aromatic rings. The van der Waals surface area contributed by atoms with E-state index in [4.69, 9.17) is 0 Å². The highest BCUT2D eigenvalue weighted by Crippen LogP contribution is 2.32. The van der Waals surface area contributed by atoms with Crippen molar-refractivity contribution in [1.82, 2.24) is 15.0 Å². The van der Waals surface area contributed by atoms with Crippen molar-refractivity contribution in [3.05, 3.63) is 106 Å². The normalized spacial score (nSPS) is 13.5. The highest BCUT2D eigenvalue weighted by molar-refractivity contribution is 5.85. The van der Waals surface area contributed by atoms with Gasteiger partial charge in [0.15, 0.2) is 5.65 Å². The Balaban J connectivity index is 1.48. The van der Waals surface area contributed by atoms with Gasteiger partial charge in [0.05, 0.1) is 5.39 Å². The lowest BCUT2D eigenvalue weighted by Gasteiger charge is -2.17. The Labute approximate surface area is 174 Å². The fourth-order valence-electron chi connectivity index (χ4n) is 3.79. The maximum Gasteiger partial charge on any atom is 0.262 e. The summed E-state index contributed by atoms with van der Waals surface area (Å²) in [6.45, 7) is 0.789. The summed E-state index contributed by atoms with van der Waals surface area (Å²) < 4.78 is 0. The smallest absolute Gasteiger partial charge is 0.262 e. The first kappa shape index (κ1) is 18.1. The molecule has 0 fully saturated rings. The molecule has 5 nitrogen and oxygen atoms in total. The standard InChI is InChI=1S/C25H20N4O/c30-24-22-20(12-5-4-10-18-8-2-1-3-9-18)14-16-26-23(22)27-25(28-24)29-17-15-19-11-6-7-13-21(19)29/h1-14,16H,15,17H2,(H,26,27,28,30)/b10-4+,12-5+. The van der Waals surface area contributed by atoms with E-state index in [-0.39, 0.29) is 5.56 Å². The first-order valence-electron chi connectivity index (χ1n) is 9.94. The first-order valence-corrected chi connectivity index (χ1v) is 9.94. The Bertz CT molecular complexity index is 1320. The minimum absolute atomic E-state index is 0.181. The molecule has 5 rings (SSSR count). The van der Waals surface area contributed by atoms with Crippen molar-refractivity contribution in [1.29, 1.82) is 0 Å². The quantitative estimate of drug-likeness (QED) is 0.510. The molecule has 0 atom stereocenters. The van der Waals surface area contributed by atoms with E-state index >= 15 is 0 Å². The molecule has 0 unspecified atom stereocenters. The summed E-state index contributed by atoms with van der Waals surface area (Å²) in [6.07, 6.45) is 10.4. The van der Waals surface area contributed by atoms with Crippen LogP contribution in [-0.4, -0.2) is 21.5 Å². The minimum atomic E-state index is -0.181. The van der Waals surface area contributed by atoms with Gasteiger partial charge in [0.1, 0.15) is 0 Å². The number of hydrogen-bond acceptors (Lipinski definition) is 4. The van der Waals surface area contributed by atoms with Gasteiger partial charge in [-0.15, -0.1) is 0 Å². The van der Waals surface area contributed by atoms with Crippen LogP contribution in [0.3, 0.4) is 0 Å². The molecule has 0 bridgehead atoms. The maximum absolute atomic E-state index is 12.9. The van der Waals surface area contributed by atoms with Crippen molar-refractivity contribution < 1.29 is 0 Å². The SMILES string of the molecule is O=c1[nH]c(N2CCc3ccccc32)nc2nccc(/C=C/C=C/c3ccccc3)c12. The summed E-state index contributed by atoms with van der Waals surface area (Å²) in [5.41, 5.74) is 4.53. The summed E-state index contributed by atoms with van der Waals surface area (Å²) in [7, 11) is 0. The molecule has 0 amide bonds. The highest BCUT2D eigenvalue weighted by atomic mass is 16.1. The predicted octanol–water partition coefficient (Wildman–Crippen LogP) is 4.74. The molecule has 0 radical (unpaired) electrons. The summed E-state index contributed by atoms with van der Waals surface area (Å²) in [5, 5.41) is 0.498. The number of aromatic amines is 1. The van der Waals surface area contributed by atoms with E-state index in [0.29, 0.717) is 17.0 Å². The molecule has 2 aromatic heterocycles. The van der Waals surface area contributed by atoms with Crippen LogP contribution in [0.15, 0.2) is 83.8 Å². The summed E-state index contributed by atoms with van der Waals surface area (Å²) >= 11 is 0. The number of rotatable bonds is 4. The Hall–Kier alpha value is -3.99. The Kier molecular flexibility index (Phi) is 4.69. The zero-order chi connectivity index (χ0) is 20.3. The van der Waals surface area contributed by atoms with Gasteiger partial charge in [-0.05, 0) is 35.2 Å². The van der Waals surface area contributed by atoms with Crippen LogP contribution in [0.25, 0.3) is 23.2 Å². The molecule has 0 saturated heterocycles. The van der Waals surface area contributed by atoms with Crippen LogP contribution in [0, 0.1) is 0 Å². The van der Waals surface area contributed by atoms with Gasteiger partial charge in [0.2, 0.25) is 5.95 Å². The van der Waals surface area contributed by atoms with Crippen LogP contribution in [-0.2, 0) is 6.42 Å². The molecule has 30 heavy (non-hydrogen) atoms. The second-order valence-electron chi connectivity index (χ2n) is 7.15. The minimum Gasteiger partial charge on any atom is -0.311 e. The van der Waals surface area contributed by atoms with Crippen LogP contribution in [0.4, 0.5) is 11.6 Å². The summed E-state index contributed by atoms with van der Waals surface area (Å²) in [4.78, 5) is 26.9. The third-order valence-corrected chi connectivity index (χ3v) is 5.25. The third kappa shape index (κ3) is 3.42. The zero-order valence-corrected chi connectivity index (χ0v) is 16.3. The van der Waals surface area contributed by atoms with Crippen LogP contribution < -0.4 is 10.5 Å². The lowest BCUT2D eigenvalue weighted by Crippen LogP contribution is -2.21. The lowest BCUT2D eigenvalue weighted by molar-refractivity contribution is 0.938. The molecule has 1 aliphatic rings. The fourth-order valence-corrected chi connectivity index (χ4v) is 3.79. The number of nitrogens with zero attached hydrogens (tertiary/aromatic N) is 3. The molecule has 1 aliphatic heterocycles. The number of para-hydroxylation sites is 1. The van der Waals surface area contributed by atoms with Gasteiger partial charge in [0, 0.05) is 18.4 Å². The van der Waals surface area contributed by atoms with Gasteiger partial charge >= 0.3 is 0 Å². The van der Waals surface area contributed by atoms with Crippen LogP contribution >= 0.6 is 0 Å². The van der Waals surface area contributed by atoms with Crippen LogP contribution in [0.1, 0.15) is 16.7 Å². The monoisotopic (exact) mass is 392 g/mol. The Morgan fingerprint density at radius 2 is 1.73 bits per heavy atom.